The van der Waals surface area contributed by atoms with E-state index in [0.29, 0.717) is 48.9 Å². The minimum Gasteiger partial charge on any atom is -0.497 e. The first kappa shape index (κ1) is 25.3. The molecule has 4 rings (SSSR count). The van der Waals surface area contributed by atoms with Crippen LogP contribution in [-0.2, 0) is 10.0 Å². The SMILES string of the molecule is COc1cc(OC)cc(C(=O)Nc2ccc(S(=O)(=O)N3CCN(c4ccccc4OC)CC3)cc2)c1. The molecule has 1 aliphatic rings. The number of hydrogen-bond donors (Lipinski definition) is 1. The lowest BCUT2D eigenvalue weighted by Crippen LogP contribution is -2.48. The monoisotopic (exact) mass is 511 g/mol. The van der Waals surface area contributed by atoms with Gasteiger partial charge in [0.05, 0.1) is 31.9 Å². The number of ether oxygens (including phenoxy) is 3. The standard InChI is InChI=1S/C26H29N3O6S/c1-33-21-16-19(17-22(18-21)34-2)26(30)27-20-8-10-23(11-9-20)36(31,32)29-14-12-28(13-15-29)24-6-4-5-7-25(24)35-3/h4-11,16-18H,12-15H2,1-3H3,(H,27,30). The summed E-state index contributed by atoms with van der Waals surface area (Å²) in [5.41, 5.74) is 1.78. The minimum absolute atomic E-state index is 0.175. The molecule has 1 fully saturated rings. The van der Waals surface area contributed by atoms with E-state index in [1.54, 1.807) is 37.4 Å². The molecule has 1 N–H and O–H groups in total. The predicted octanol–water partition coefficient (Wildman–Crippen LogP) is 3.48. The van der Waals surface area contributed by atoms with Crippen molar-refractivity contribution in [3.05, 3.63) is 72.3 Å². The van der Waals surface area contributed by atoms with Crippen LogP contribution in [0.1, 0.15) is 10.4 Å². The summed E-state index contributed by atoms with van der Waals surface area (Å²) in [6, 6.07) is 18.7. The maximum Gasteiger partial charge on any atom is 0.255 e. The van der Waals surface area contributed by atoms with E-state index in [9.17, 15) is 13.2 Å². The van der Waals surface area contributed by atoms with Gasteiger partial charge in [-0.2, -0.15) is 4.31 Å². The van der Waals surface area contributed by atoms with Gasteiger partial charge in [0.15, 0.2) is 0 Å². The Labute approximate surface area is 211 Å². The van der Waals surface area contributed by atoms with E-state index in [-0.39, 0.29) is 10.8 Å². The van der Waals surface area contributed by atoms with Gasteiger partial charge in [0.25, 0.3) is 5.91 Å². The molecule has 0 aliphatic carbocycles. The first-order valence-corrected chi connectivity index (χ1v) is 12.8. The molecule has 3 aromatic carbocycles. The van der Waals surface area contributed by atoms with E-state index in [1.165, 1.54) is 30.7 Å². The first-order valence-electron chi connectivity index (χ1n) is 11.4. The number of carbonyl (C=O) groups excluding carboxylic acids is 1. The number of amides is 1. The molecule has 0 radical (unpaired) electrons. The van der Waals surface area contributed by atoms with E-state index < -0.39 is 10.0 Å². The summed E-state index contributed by atoms with van der Waals surface area (Å²) >= 11 is 0. The van der Waals surface area contributed by atoms with Crippen molar-refractivity contribution in [2.75, 3.05) is 57.7 Å². The third-order valence-corrected chi connectivity index (χ3v) is 7.94. The largest absolute Gasteiger partial charge is 0.497 e. The fraction of sp³-hybridized carbons (Fsp3) is 0.269. The van der Waals surface area contributed by atoms with Crippen molar-refractivity contribution in [3.8, 4) is 17.2 Å². The third-order valence-electron chi connectivity index (χ3n) is 6.03. The molecule has 0 aromatic heterocycles. The summed E-state index contributed by atoms with van der Waals surface area (Å²) in [5.74, 6) is 1.38. The topological polar surface area (TPSA) is 97.4 Å². The maximum atomic E-state index is 13.2. The molecule has 190 valence electrons. The molecule has 3 aromatic rings. The van der Waals surface area contributed by atoms with Gasteiger partial charge in [-0.15, -0.1) is 0 Å². The molecule has 0 unspecified atom stereocenters. The van der Waals surface area contributed by atoms with E-state index >= 15 is 0 Å². The molecule has 10 heteroatoms. The highest BCUT2D eigenvalue weighted by Gasteiger charge is 2.29. The molecule has 0 atom stereocenters. The Bertz CT molecular complexity index is 1300. The second-order valence-corrected chi connectivity index (χ2v) is 10.1. The smallest absolute Gasteiger partial charge is 0.255 e. The zero-order chi connectivity index (χ0) is 25.7. The lowest BCUT2D eigenvalue weighted by Gasteiger charge is -2.35. The Morgan fingerprint density at radius 2 is 1.42 bits per heavy atom. The highest BCUT2D eigenvalue weighted by Crippen LogP contribution is 2.29. The maximum absolute atomic E-state index is 13.2. The quantitative estimate of drug-likeness (QED) is 0.495. The van der Waals surface area contributed by atoms with Crippen LogP contribution in [0.2, 0.25) is 0 Å². The molecule has 0 bridgehead atoms. The van der Waals surface area contributed by atoms with Crippen molar-refractivity contribution in [2.45, 2.75) is 4.90 Å². The highest BCUT2D eigenvalue weighted by molar-refractivity contribution is 7.89. The van der Waals surface area contributed by atoms with E-state index in [1.807, 2.05) is 24.3 Å². The minimum atomic E-state index is -3.67. The van der Waals surface area contributed by atoms with Crippen molar-refractivity contribution in [2.24, 2.45) is 0 Å². The number of piperazine rings is 1. The number of carbonyl (C=O) groups is 1. The van der Waals surface area contributed by atoms with E-state index in [2.05, 4.69) is 10.2 Å². The molecular formula is C26H29N3O6S. The number of nitrogens with zero attached hydrogens (tertiary/aromatic N) is 2. The van der Waals surface area contributed by atoms with Crippen molar-refractivity contribution in [1.29, 1.82) is 0 Å². The van der Waals surface area contributed by atoms with Crippen molar-refractivity contribution >= 4 is 27.3 Å². The Morgan fingerprint density at radius 1 is 0.806 bits per heavy atom. The van der Waals surface area contributed by atoms with Crippen LogP contribution in [-0.4, -0.2) is 66.1 Å². The molecule has 0 spiro atoms. The second kappa shape index (κ2) is 10.9. The summed E-state index contributed by atoms with van der Waals surface area (Å²) in [6.07, 6.45) is 0. The van der Waals surface area contributed by atoms with Gasteiger partial charge in [0.2, 0.25) is 10.0 Å². The Hall–Kier alpha value is -3.76. The third kappa shape index (κ3) is 5.39. The van der Waals surface area contributed by atoms with Gasteiger partial charge in [-0.25, -0.2) is 8.42 Å². The molecule has 1 saturated heterocycles. The van der Waals surface area contributed by atoms with Crippen molar-refractivity contribution in [3.63, 3.8) is 0 Å². The fourth-order valence-corrected chi connectivity index (χ4v) is 5.48. The van der Waals surface area contributed by atoms with E-state index in [0.717, 1.165) is 11.4 Å². The van der Waals surface area contributed by atoms with Crippen LogP contribution < -0.4 is 24.4 Å². The van der Waals surface area contributed by atoms with Gasteiger partial charge in [-0.1, -0.05) is 12.1 Å². The Balaban J connectivity index is 1.42. The summed E-state index contributed by atoms with van der Waals surface area (Å²) in [4.78, 5) is 15.0. The fourth-order valence-electron chi connectivity index (χ4n) is 4.06. The highest BCUT2D eigenvalue weighted by atomic mass is 32.2. The Morgan fingerprint density at radius 3 is 2.00 bits per heavy atom. The average molecular weight is 512 g/mol. The van der Waals surface area contributed by atoms with Crippen molar-refractivity contribution < 1.29 is 27.4 Å². The van der Waals surface area contributed by atoms with Crippen LogP contribution >= 0.6 is 0 Å². The number of hydrogen-bond acceptors (Lipinski definition) is 7. The van der Waals surface area contributed by atoms with Gasteiger partial charge in [-0.05, 0) is 48.5 Å². The van der Waals surface area contributed by atoms with Gasteiger partial charge in [0, 0.05) is 43.5 Å². The lowest BCUT2D eigenvalue weighted by atomic mass is 10.2. The van der Waals surface area contributed by atoms with Gasteiger partial charge in [-0.3, -0.25) is 4.79 Å². The number of methoxy groups -OCH3 is 3. The van der Waals surface area contributed by atoms with Gasteiger partial charge >= 0.3 is 0 Å². The van der Waals surface area contributed by atoms with Crippen LogP contribution in [0.3, 0.4) is 0 Å². The molecular weight excluding hydrogens is 482 g/mol. The molecule has 9 nitrogen and oxygen atoms in total. The van der Waals surface area contributed by atoms with Gasteiger partial charge < -0.3 is 24.4 Å². The van der Waals surface area contributed by atoms with Crippen LogP contribution in [0.4, 0.5) is 11.4 Å². The van der Waals surface area contributed by atoms with Crippen molar-refractivity contribution in [1.82, 2.24) is 4.31 Å². The molecule has 36 heavy (non-hydrogen) atoms. The summed E-state index contributed by atoms with van der Waals surface area (Å²) in [7, 11) is 0.971. The van der Waals surface area contributed by atoms with Crippen LogP contribution in [0.5, 0.6) is 17.2 Å². The molecule has 1 heterocycles. The number of sulfonamides is 1. The summed E-state index contributed by atoms with van der Waals surface area (Å²) in [5, 5.41) is 2.78. The summed E-state index contributed by atoms with van der Waals surface area (Å²) < 4.78 is 43.8. The average Bonchev–Trinajstić information content (AvgIpc) is 2.93. The Kier molecular flexibility index (Phi) is 7.66. The first-order chi connectivity index (χ1) is 17.3. The lowest BCUT2D eigenvalue weighted by molar-refractivity contribution is 0.102. The molecule has 1 aliphatic heterocycles. The number of benzene rings is 3. The van der Waals surface area contributed by atoms with Crippen LogP contribution in [0, 0.1) is 0 Å². The predicted molar refractivity (Wildman–Crippen MR) is 138 cm³/mol. The molecule has 1 amide bonds. The normalized spacial score (nSPS) is 14.2. The summed E-state index contributed by atoms with van der Waals surface area (Å²) in [6.45, 7) is 1.82. The number of nitrogens with one attached hydrogen (secondary N) is 1. The van der Waals surface area contributed by atoms with Gasteiger partial charge in [0.1, 0.15) is 17.2 Å². The van der Waals surface area contributed by atoms with Crippen LogP contribution in [0.25, 0.3) is 0 Å². The number of rotatable bonds is 8. The zero-order valence-corrected chi connectivity index (χ0v) is 21.2. The van der Waals surface area contributed by atoms with Crippen LogP contribution in [0.15, 0.2) is 71.6 Å². The zero-order valence-electron chi connectivity index (χ0n) is 20.4. The number of para-hydroxylation sites is 2. The second-order valence-electron chi connectivity index (χ2n) is 8.14. The molecule has 0 saturated carbocycles. The number of anilines is 2. The van der Waals surface area contributed by atoms with E-state index in [4.69, 9.17) is 14.2 Å².